The van der Waals surface area contributed by atoms with Crippen molar-refractivity contribution in [3.05, 3.63) is 72.0 Å². The highest BCUT2D eigenvalue weighted by molar-refractivity contribution is 5.72. The summed E-state index contributed by atoms with van der Waals surface area (Å²) in [5, 5.41) is 10.9. The number of aromatic amines is 2. The van der Waals surface area contributed by atoms with Crippen LogP contribution in [0.4, 0.5) is 5.69 Å². The second kappa shape index (κ2) is 5.35. The maximum absolute atomic E-state index is 11.4. The lowest BCUT2D eigenvalue weighted by molar-refractivity contribution is -0.386. The number of aryl methyl sites for hydroxylation is 1. The van der Waals surface area contributed by atoms with E-state index in [0.29, 0.717) is 0 Å². The number of nitrogens with zero attached hydrogens (tertiary/aromatic N) is 1. The predicted octanol–water partition coefficient (Wildman–Crippen LogP) is 1.45. The van der Waals surface area contributed by atoms with Gasteiger partial charge in [0, 0.05) is 0 Å². The molecule has 1 heterocycles. The molecule has 0 aliphatic carbocycles. The standard InChI is InChI=1S/C13H11N3O4/c1-8-4-2-3-5-9(8)6-7-10-11(16(19)20)12(17)15-13(18)14-10/h2-7H,1H3,(H2,14,15,17,18)/b7-6+. The lowest BCUT2D eigenvalue weighted by Gasteiger charge is -1.99. The molecular weight excluding hydrogens is 262 g/mol. The molecule has 0 amide bonds. The van der Waals surface area contributed by atoms with Gasteiger partial charge in [-0.05, 0) is 24.1 Å². The van der Waals surface area contributed by atoms with Crippen LogP contribution in [0.3, 0.4) is 0 Å². The van der Waals surface area contributed by atoms with Crippen LogP contribution in [0.25, 0.3) is 12.2 Å². The Bertz CT molecular complexity index is 802. The van der Waals surface area contributed by atoms with E-state index in [0.717, 1.165) is 11.1 Å². The molecule has 7 nitrogen and oxygen atoms in total. The zero-order valence-electron chi connectivity index (χ0n) is 10.5. The first kappa shape index (κ1) is 13.5. The lowest BCUT2D eigenvalue weighted by atomic mass is 10.1. The van der Waals surface area contributed by atoms with Gasteiger partial charge in [-0.2, -0.15) is 0 Å². The fourth-order valence-electron chi connectivity index (χ4n) is 1.75. The Labute approximate surface area is 112 Å². The fourth-order valence-corrected chi connectivity index (χ4v) is 1.75. The number of nitro groups is 1. The SMILES string of the molecule is Cc1ccccc1/C=C/c1[nH]c(=O)[nH]c(=O)c1[N+](=O)[O-]. The van der Waals surface area contributed by atoms with E-state index in [1.54, 1.807) is 6.08 Å². The van der Waals surface area contributed by atoms with Crippen molar-refractivity contribution >= 4 is 17.8 Å². The van der Waals surface area contributed by atoms with Gasteiger partial charge in [0.15, 0.2) is 0 Å². The zero-order chi connectivity index (χ0) is 14.7. The first-order chi connectivity index (χ1) is 9.49. The molecule has 102 valence electrons. The summed E-state index contributed by atoms with van der Waals surface area (Å²) >= 11 is 0. The monoisotopic (exact) mass is 273 g/mol. The molecule has 0 atom stereocenters. The summed E-state index contributed by atoms with van der Waals surface area (Å²) in [6, 6.07) is 7.39. The Balaban J connectivity index is 2.54. The van der Waals surface area contributed by atoms with Gasteiger partial charge in [-0.15, -0.1) is 0 Å². The van der Waals surface area contributed by atoms with Gasteiger partial charge in [-0.1, -0.05) is 30.3 Å². The first-order valence-corrected chi connectivity index (χ1v) is 5.74. The molecule has 0 unspecified atom stereocenters. The molecule has 1 aromatic carbocycles. The van der Waals surface area contributed by atoms with Crippen LogP contribution in [0.1, 0.15) is 16.8 Å². The van der Waals surface area contributed by atoms with Crippen LogP contribution >= 0.6 is 0 Å². The number of benzene rings is 1. The largest absolute Gasteiger partial charge is 0.357 e. The van der Waals surface area contributed by atoms with Crippen molar-refractivity contribution in [1.29, 1.82) is 0 Å². The third-order valence-corrected chi connectivity index (χ3v) is 2.75. The normalized spacial score (nSPS) is 10.8. The Hall–Kier alpha value is -2.96. The molecule has 1 aromatic heterocycles. The minimum Gasteiger partial charge on any atom is -0.301 e. The third kappa shape index (κ3) is 2.72. The summed E-state index contributed by atoms with van der Waals surface area (Å²) in [4.78, 5) is 36.7. The average molecular weight is 273 g/mol. The third-order valence-electron chi connectivity index (χ3n) is 2.75. The highest BCUT2D eigenvalue weighted by Gasteiger charge is 2.18. The second-order valence-electron chi connectivity index (χ2n) is 4.12. The Morgan fingerprint density at radius 3 is 2.50 bits per heavy atom. The number of hydrogen-bond donors (Lipinski definition) is 2. The van der Waals surface area contributed by atoms with Crippen LogP contribution in [-0.4, -0.2) is 14.9 Å². The molecule has 0 aliphatic rings. The highest BCUT2D eigenvalue weighted by atomic mass is 16.6. The summed E-state index contributed by atoms with van der Waals surface area (Å²) in [7, 11) is 0. The summed E-state index contributed by atoms with van der Waals surface area (Å²) < 4.78 is 0. The van der Waals surface area contributed by atoms with Gasteiger partial charge in [0.25, 0.3) is 0 Å². The summed E-state index contributed by atoms with van der Waals surface area (Å²) in [6.45, 7) is 1.88. The molecule has 0 bridgehead atoms. The van der Waals surface area contributed by atoms with Gasteiger partial charge >= 0.3 is 16.9 Å². The molecule has 0 saturated heterocycles. The molecule has 0 saturated carbocycles. The van der Waals surface area contributed by atoms with Crippen LogP contribution in [0, 0.1) is 17.0 Å². The van der Waals surface area contributed by atoms with Crippen molar-refractivity contribution in [3.63, 3.8) is 0 Å². The van der Waals surface area contributed by atoms with Gasteiger partial charge in [-0.25, -0.2) is 4.79 Å². The van der Waals surface area contributed by atoms with Gasteiger partial charge < -0.3 is 4.98 Å². The van der Waals surface area contributed by atoms with Gasteiger partial charge in [0.1, 0.15) is 5.69 Å². The average Bonchev–Trinajstić information content (AvgIpc) is 2.36. The fraction of sp³-hybridized carbons (Fsp3) is 0.0769. The van der Waals surface area contributed by atoms with Crippen LogP contribution in [0.5, 0.6) is 0 Å². The van der Waals surface area contributed by atoms with Gasteiger partial charge in [0.2, 0.25) is 0 Å². The molecule has 0 fully saturated rings. The predicted molar refractivity (Wildman–Crippen MR) is 74.4 cm³/mol. The first-order valence-electron chi connectivity index (χ1n) is 5.74. The van der Waals surface area contributed by atoms with Crippen LogP contribution in [0.15, 0.2) is 33.9 Å². The quantitative estimate of drug-likeness (QED) is 0.651. The van der Waals surface area contributed by atoms with Crippen molar-refractivity contribution in [2.75, 3.05) is 0 Å². The van der Waals surface area contributed by atoms with Crippen molar-refractivity contribution in [1.82, 2.24) is 9.97 Å². The molecular formula is C13H11N3O4. The number of nitrogens with one attached hydrogen (secondary N) is 2. The molecule has 2 N–H and O–H groups in total. The topological polar surface area (TPSA) is 109 Å². The van der Waals surface area contributed by atoms with Crippen LogP contribution < -0.4 is 11.2 Å². The minimum absolute atomic E-state index is 0.132. The van der Waals surface area contributed by atoms with E-state index in [1.807, 2.05) is 36.2 Å². The number of H-pyrrole nitrogens is 2. The molecule has 2 rings (SSSR count). The van der Waals surface area contributed by atoms with E-state index in [2.05, 4.69) is 4.98 Å². The van der Waals surface area contributed by atoms with Gasteiger partial charge in [-0.3, -0.25) is 19.9 Å². The summed E-state index contributed by atoms with van der Waals surface area (Å²) in [5.74, 6) is 0. The van der Waals surface area contributed by atoms with E-state index in [4.69, 9.17) is 0 Å². The van der Waals surface area contributed by atoms with Crippen molar-refractivity contribution in [3.8, 4) is 0 Å². The van der Waals surface area contributed by atoms with Gasteiger partial charge in [0.05, 0.1) is 4.92 Å². The van der Waals surface area contributed by atoms with E-state index >= 15 is 0 Å². The summed E-state index contributed by atoms with van der Waals surface area (Å²) in [6.07, 6.45) is 2.95. The molecule has 0 radical (unpaired) electrons. The zero-order valence-corrected chi connectivity index (χ0v) is 10.5. The van der Waals surface area contributed by atoms with E-state index in [-0.39, 0.29) is 5.69 Å². The Morgan fingerprint density at radius 2 is 1.85 bits per heavy atom. The van der Waals surface area contributed by atoms with E-state index < -0.39 is 21.9 Å². The Kier molecular flexibility index (Phi) is 3.60. The highest BCUT2D eigenvalue weighted by Crippen LogP contribution is 2.14. The maximum atomic E-state index is 11.4. The minimum atomic E-state index is -1.02. The number of aromatic nitrogens is 2. The molecule has 20 heavy (non-hydrogen) atoms. The molecule has 0 aliphatic heterocycles. The van der Waals surface area contributed by atoms with Crippen molar-refractivity contribution < 1.29 is 4.92 Å². The van der Waals surface area contributed by atoms with E-state index in [1.165, 1.54) is 6.08 Å². The van der Waals surface area contributed by atoms with Crippen LogP contribution in [0.2, 0.25) is 0 Å². The second-order valence-corrected chi connectivity index (χ2v) is 4.12. The Morgan fingerprint density at radius 1 is 1.15 bits per heavy atom. The maximum Gasteiger partial charge on any atom is 0.357 e. The van der Waals surface area contributed by atoms with Crippen LogP contribution in [-0.2, 0) is 0 Å². The van der Waals surface area contributed by atoms with Crippen molar-refractivity contribution in [2.24, 2.45) is 0 Å². The molecule has 0 spiro atoms. The number of rotatable bonds is 3. The van der Waals surface area contributed by atoms with E-state index in [9.17, 15) is 19.7 Å². The molecule has 2 aromatic rings. The molecule has 7 heteroatoms. The number of hydrogen-bond acceptors (Lipinski definition) is 4. The lowest BCUT2D eigenvalue weighted by Crippen LogP contribution is -2.25. The summed E-state index contributed by atoms with van der Waals surface area (Å²) in [5.41, 5.74) is -0.823. The van der Waals surface area contributed by atoms with Crippen molar-refractivity contribution in [2.45, 2.75) is 6.92 Å². The smallest absolute Gasteiger partial charge is 0.301 e.